The standard InChI is InChI=1S/C14H17FN2O3/c1-9-14(19)16-5-6-17(9)13(18)8-10-3-4-12(20-2)11(15)7-10/h3-4,7,9H,5-6,8H2,1-2H3,(H,16,19). The second kappa shape index (κ2) is 5.90. The molecule has 6 heteroatoms. The zero-order valence-corrected chi connectivity index (χ0v) is 11.5. The molecule has 1 aromatic rings. The molecule has 1 aromatic carbocycles. The van der Waals surface area contributed by atoms with Gasteiger partial charge < -0.3 is 15.0 Å². The normalized spacial score (nSPS) is 18.6. The Kier molecular flexibility index (Phi) is 4.22. The van der Waals surface area contributed by atoms with Crippen molar-refractivity contribution in [1.82, 2.24) is 10.2 Å². The van der Waals surface area contributed by atoms with Crippen molar-refractivity contribution < 1.29 is 18.7 Å². The first-order valence-electron chi connectivity index (χ1n) is 6.42. The van der Waals surface area contributed by atoms with Gasteiger partial charge in [0, 0.05) is 13.1 Å². The summed E-state index contributed by atoms with van der Waals surface area (Å²) in [4.78, 5) is 25.2. The summed E-state index contributed by atoms with van der Waals surface area (Å²) in [5.74, 6) is -0.698. The van der Waals surface area contributed by atoms with Gasteiger partial charge in [0.15, 0.2) is 11.6 Å². The molecule has 1 heterocycles. The first kappa shape index (κ1) is 14.3. The zero-order valence-electron chi connectivity index (χ0n) is 11.5. The summed E-state index contributed by atoms with van der Waals surface area (Å²) >= 11 is 0. The summed E-state index contributed by atoms with van der Waals surface area (Å²) in [6, 6.07) is 3.93. The fourth-order valence-electron chi connectivity index (χ4n) is 2.22. The van der Waals surface area contributed by atoms with Crippen molar-refractivity contribution in [2.24, 2.45) is 0 Å². The molecular weight excluding hydrogens is 263 g/mol. The Morgan fingerprint density at radius 1 is 1.55 bits per heavy atom. The summed E-state index contributed by atoms with van der Waals surface area (Å²) < 4.78 is 18.4. The van der Waals surface area contributed by atoms with E-state index < -0.39 is 11.9 Å². The molecular formula is C14H17FN2O3. The number of benzene rings is 1. The number of hydrogen-bond acceptors (Lipinski definition) is 3. The van der Waals surface area contributed by atoms with Crippen molar-refractivity contribution in [3.63, 3.8) is 0 Å². The molecule has 1 unspecified atom stereocenters. The second-order valence-corrected chi connectivity index (χ2v) is 4.70. The smallest absolute Gasteiger partial charge is 0.242 e. The molecule has 20 heavy (non-hydrogen) atoms. The number of halogens is 1. The van der Waals surface area contributed by atoms with E-state index >= 15 is 0 Å². The molecule has 1 aliphatic heterocycles. The van der Waals surface area contributed by atoms with Crippen molar-refractivity contribution >= 4 is 11.8 Å². The number of nitrogens with zero attached hydrogens (tertiary/aromatic N) is 1. The van der Waals surface area contributed by atoms with Gasteiger partial charge in [-0.05, 0) is 24.6 Å². The van der Waals surface area contributed by atoms with Crippen molar-refractivity contribution in [2.45, 2.75) is 19.4 Å². The Hall–Kier alpha value is -2.11. The summed E-state index contributed by atoms with van der Waals surface area (Å²) in [7, 11) is 1.39. The van der Waals surface area contributed by atoms with E-state index in [4.69, 9.17) is 4.74 Å². The van der Waals surface area contributed by atoms with Crippen LogP contribution in [-0.4, -0.2) is 43.0 Å². The number of methoxy groups -OCH3 is 1. The number of rotatable bonds is 3. The Morgan fingerprint density at radius 3 is 2.95 bits per heavy atom. The lowest BCUT2D eigenvalue weighted by Gasteiger charge is -2.32. The maximum Gasteiger partial charge on any atom is 0.242 e. The minimum absolute atomic E-state index is 0.0680. The topological polar surface area (TPSA) is 58.6 Å². The Labute approximate surface area is 116 Å². The summed E-state index contributed by atoms with van der Waals surface area (Å²) in [5.41, 5.74) is 0.562. The highest BCUT2D eigenvalue weighted by Crippen LogP contribution is 2.18. The summed E-state index contributed by atoms with van der Waals surface area (Å²) in [6.07, 6.45) is 0.0680. The fraction of sp³-hybridized carbons (Fsp3) is 0.429. The third-order valence-electron chi connectivity index (χ3n) is 3.39. The second-order valence-electron chi connectivity index (χ2n) is 4.70. The third kappa shape index (κ3) is 2.89. The number of carbonyl (C=O) groups excluding carboxylic acids is 2. The number of piperazine rings is 1. The predicted octanol–water partition coefficient (Wildman–Crippen LogP) is 0.724. The minimum atomic E-state index is -0.498. The Balaban J connectivity index is 2.07. The average molecular weight is 280 g/mol. The fourth-order valence-corrected chi connectivity index (χ4v) is 2.22. The molecule has 0 spiro atoms. The van der Waals surface area contributed by atoms with Crippen molar-refractivity contribution in [3.05, 3.63) is 29.6 Å². The largest absolute Gasteiger partial charge is 0.494 e. The van der Waals surface area contributed by atoms with Crippen LogP contribution in [0.25, 0.3) is 0 Å². The first-order valence-corrected chi connectivity index (χ1v) is 6.42. The van der Waals surface area contributed by atoms with Crippen LogP contribution in [0.5, 0.6) is 5.75 Å². The molecule has 2 amide bonds. The SMILES string of the molecule is COc1ccc(CC(=O)N2CCNC(=O)C2C)cc1F. The molecule has 1 saturated heterocycles. The van der Waals surface area contributed by atoms with Gasteiger partial charge in [-0.25, -0.2) is 4.39 Å². The van der Waals surface area contributed by atoms with E-state index in [0.717, 1.165) is 0 Å². The van der Waals surface area contributed by atoms with E-state index in [2.05, 4.69) is 5.32 Å². The van der Waals surface area contributed by atoms with Crippen LogP contribution in [0, 0.1) is 5.82 Å². The molecule has 0 radical (unpaired) electrons. The molecule has 1 atom stereocenters. The van der Waals surface area contributed by atoms with E-state index in [1.807, 2.05) is 0 Å². The lowest BCUT2D eigenvalue weighted by atomic mass is 10.1. The van der Waals surface area contributed by atoms with Crippen LogP contribution in [0.15, 0.2) is 18.2 Å². The molecule has 2 rings (SSSR count). The summed E-state index contributed by atoms with van der Waals surface area (Å²) in [5, 5.41) is 2.70. The third-order valence-corrected chi connectivity index (χ3v) is 3.39. The van der Waals surface area contributed by atoms with Crippen LogP contribution < -0.4 is 10.1 Å². The Bertz CT molecular complexity index is 533. The quantitative estimate of drug-likeness (QED) is 0.887. The average Bonchev–Trinajstić information content (AvgIpc) is 2.42. The number of hydrogen-bond donors (Lipinski definition) is 1. The van der Waals surface area contributed by atoms with Crippen LogP contribution in [0.3, 0.4) is 0 Å². The molecule has 5 nitrogen and oxygen atoms in total. The lowest BCUT2D eigenvalue weighted by molar-refractivity contribution is -0.142. The van der Waals surface area contributed by atoms with Gasteiger partial charge in [-0.2, -0.15) is 0 Å². The van der Waals surface area contributed by atoms with Gasteiger partial charge in [-0.3, -0.25) is 9.59 Å². The van der Waals surface area contributed by atoms with Crippen molar-refractivity contribution in [1.29, 1.82) is 0 Å². The number of ether oxygens (including phenoxy) is 1. The highest BCUT2D eigenvalue weighted by molar-refractivity contribution is 5.89. The Morgan fingerprint density at radius 2 is 2.30 bits per heavy atom. The van der Waals surface area contributed by atoms with E-state index in [9.17, 15) is 14.0 Å². The zero-order chi connectivity index (χ0) is 14.7. The minimum Gasteiger partial charge on any atom is -0.494 e. The monoisotopic (exact) mass is 280 g/mol. The molecule has 0 aromatic heterocycles. The van der Waals surface area contributed by atoms with E-state index in [1.165, 1.54) is 24.1 Å². The maximum atomic E-state index is 13.6. The molecule has 0 bridgehead atoms. The predicted molar refractivity (Wildman–Crippen MR) is 70.8 cm³/mol. The van der Waals surface area contributed by atoms with Crippen molar-refractivity contribution in [3.8, 4) is 5.75 Å². The van der Waals surface area contributed by atoms with Crippen LogP contribution in [0.2, 0.25) is 0 Å². The van der Waals surface area contributed by atoms with Gasteiger partial charge in [0.05, 0.1) is 13.5 Å². The van der Waals surface area contributed by atoms with Gasteiger partial charge in [-0.15, -0.1) is 0 Å². The van der Waals surface area contributed by atoms with E-state index in [1.54, 1.807) is 13.0 Å². The number of nitrogens with one attached hydrogen (secondary N) is 1. The highest BCUT2D eigenvalue weighted by atomic mass is 19.1. The molecule has 1 N–H and O–H groups in total. The van der Waals surface area contributed by atoms with Gasteiger partial charge in [-0.1, -0.05) is 6.07 Å². The number of carbonyl (C=O) groups is 2. The highest BCUT2D eigenvalue weighted by Gasteiger charge is 2.29. The van der Waals surface area contributed by atoms with Gasteiger partial charge in [0.2, 0.25) is 11.8 Å². The van der Waals surface area contributed by atoms with E-state index in [-0.39, 0.29) is 24.0 Å². The van der Waals surface area contributed by atoms with E-state index in [0.29, 0.717) is 18.7 Å². The van der Waals surface area contributed by atoms with Crippen molar-refractivity contribution in [2.75, 3.05) is 20.2 Å². The molecule has 0 saturated carbocycles. The van der Waals surface area contributed by atoms with Gasteiger partial charge in [0.25, 0.3) is 0 Å². The summed E-state index contributed by atoms with van der Waals surface area (Å²) in [6.45, 7) is 2.61. The van der Waals surface area contributed by atoms with Crippen LogP contribution in [0.1, 0.15) is 12.5 Å². The van der Waals surface area contributed by atoms with Crippen LogP contribution in [0.4, 0.5) is 4.39 Å². The molecule has 1 aliphatic rings. The molecule has 108 valence electrons. The first-order chi connectivity index (χ1) is 9.52. The maximum absolute atomic E-state index is 13.6. The van der Waals surface area contributed by atoms with Gasteiger partial charge in [0.1, 0.15) is 6.04 Å². The number of amides is 2. The van der Waals surface area contributed by atoms with Gasteiger partial charge >= 0.3 is 0 Å². The van der Waals surface area contributed by atoms with Crippen LogP contribution in [-0.2, 0) is 16.0 Å². The molecule has 1 fully saturated rings. The molecule has 0 aliphatic carbocycles. The lowest BCUT2D eigenvalue weighted by Crippen LogP contribution is -2.56. The van der Waals surface area contributed by atoms with Crippen LogP contribution >= 0.6 is 0 Å².